The molecule has 2 heterocycles. The second kappa shape index (κ2) is 6.32. The normalized spacial score (nSPS) is 10.7. The van der Waals surface area contributed by atoms with Gasteiger partial charge in [0.1, 0.15) is 5.01 Å². The standard InChI is InChI=1S/C10H14N4S3/c1-3-4-15-6-8-12-5-7(16-8)9-13-14-10(11-2)17-9/h5H,3-4,6H2,1-2H3,(H,11,14). The second-order valence-corrected chi connectivity index (χ2v) is 6.53. The fourth-order valence-electron chi connectivity index (χ4n) is 1.20. The molecule has 0 fully saturated rings. The molecule has 17 heavy (non-hydrogen) atoms. The monoisotopic (exact) mass is 286 g/mol. The van der Waals surface area contributed by atoms with E-state index < -0.39 is 0 Å². The van der Waals surface area contributed by atoms with Gasteiger partial charge in [-0.15, -0.1) is 21.5 Å². The number of anilines is 1. The van der Waals surface area contributed by atoms with Gasteiger partial charge >= 0.3 is 0 Å². The number of thioether (sulfide) groups is 1. The van der Waals surface area contributed by atoms with Crippen molar-refractivity contribution in [3.8, 4) is 9.88 Å². The van der Waals surface area contributed by atoms with Crippen LogP contribution in [0, 0.1) is 0 Å². The lowest BCUT2D eigenvalue weighted by Crippen LogP contribution is -1.84. The second-order valence-electron chi connectivity index (χ2n) is 3.33. The third-order valence-corrected chi connectivity index (χ3v) is 5.44. The summed E-state index contributed by atoms with van der Waals surface area (Å²) in [6.07, 6.45) is 3.11. The van der Waals surface area contributed by atoms with Crippen LogP contribution in [0.1, 0.15) is 18.4 Å². The Labute approximate surface area is 113 Å². The van der Waals surface area contributed by atoms with Gasteiger partial charge in [-0.1, -0.05) is 18.3 Å². The van der Waals surface area contributed by atoms with Gasteiger partial charge in [-0.25, -0.2) is 4.98 Å². The van der Waals surface area contributed by atoms with Crippen molar-refractivity contribution in [3.63, 3.8) is 0 Å². The van der Waals surface area contributed by atoms with Crippen molar-refractivity contribution in [3.05, 3.63) is 11.2 Å². The third kappa shape index (κ3) is 3.40. The summed E-state index contributed by atoms with van der Waals surface area (Å²) in [5, 5.41) is 14.1. The molecule has 0 aliphatic heterocycles. The Bertz CT molecular complexity index is 466. The summed E-state index contributed by atoms with van der Waals surface area (Å²) in [6, 6.07) is 0. The van der Waals surface area contributed by atoms with Gasteiger partial charge in [0.15, 0.2) is 5.01 Å². The molecule has 0 saturated carbocycles. The Hall–Kier alpha value is -0.660. The number of hydrogen-bond donors (Lipinski definition) is 1. The largest absolute Gasteiger partial charge is 0.363 e. The molecule has 2 aromatic heterocycles. The summed E-state index contributed by atoms with van der Waals surface area (Å²) in [6.45, 7) is 2.20. The molecule has 0 spiro atoms. The highest BCUT2D eigenvalue weighted by molar-refractivity contribution is 7.98. The zero-order valence-corrected chi connectivity index (χ0v) is 12.2. The highest BCUT2D eigenvalue weighted by Gasteiger charge is 2.09. The molecule has 0 amide bonds. The van der Waals surface area contributed by atoms with Gasteiger partial charge < -0.3 is 5.32 Å². The van der Waals surface area contributed by atoms with E-state index in [2.05, 4.69) is 27.4 Å². The maximum atomic E-state index is 4.42. The predicted molar refractivity (Wildman–Crippen MR) is 77.0 cm³/mol. The van der Waals surface area contributed by atoms with Crippen molar-refractivity contribution < 1.29 is 0 Å². The first-order valence-electron chi connectivity index (χ1n) is 5.37. The van der Waals surface area contributed by atoms with Gasteiger partial charge in [-0.3, -0.25) is 0 Å². The molecule has 0 radical (unpaired) electrons. The summed E-state index contributed by atoms with van der Waals surface area (Å²) in [4.78, 5) is 5.52. The summed E-state index contributed by atoms with van der Waals surface area (Å²) < 4.78 is 0. The van der Waals surface area contributed by atoms with Crippen LogP contribution in [0.15, 0.2) is 6.20 Å². The number of aromatic nitrogens is 3. The molecule has 0 saturated heterocycles. The van der Waals surface area contributed by atoms with Crippen LogP contribution in [-0.2, 0) is 5.75 Å². The van der Waals surface area contributed by atoms with E-state index in [1.165, 1.54) is 17.2 Å². The summed E-state index contributed by atoms with van der Waals surface area (Å²) in [5.74, 6) is 2.19. The van der Waals surface area contributed by atoms with E-state index in [1.54, 1.807) is 22.7 Å². The van der Waals surface area contributed by atoms with E-state index in [0.717, 1.165) is 20.8 Å². The van der Waals surface area contributed by atoms with Crippen LogP contribution >= 0.6 is 34.4 Å². The molecule has 1 N–H and O–H groups in total. The SMILES string of the molecule is CCCSCc1ncc(-c2nnc(NC)s2)s1. The van der Waals surface area contributed by atoms with Crippen molar-refractivity contribution in [2.24, 2.45) is 0 Å². The van der Waals surface area contributed by atoms with Crippen LogP contribution in [0.5, 0.6) is 0 Å². The van der Waals surface area contributed by atoms with E-state index in [9.17, 15) is 0 Å². The third-order valence-electron chi connectivity index (χ3n) is 1.98. The van der Waals surface area contributed by atoms with Crippen molar-refractivity contribution >= 4 is 39.6 Å². The quantitative estimate of drug-likeness (QED) is 0.825. The summed E-state index contributed by atoms with van der Waals surface area (Å²) >= 11 is 5.19. The van der Waals surface area contributed by atoms with Crippen molar-refractivity contribution in [2.75, 3.05) is 18.1 Å². The summed E-state index contributed by atoms with van der Waals surface area (Å²) in [7, 11) is 1.85. The van der Waals surface area contributed by atoms with E-state index >= 15 is 0 Å². The van der Waals surface area contributed by atoms with E-state index in [-0.39, 0.29) is 0 Å². The zero-order valence-electron chi connectivity index (χ0n) is 9.77. The van der Waals surface area contributed by atoms with Crippen LogP contribution in [-0.4, -0.2) is 28.0 Å². The molecule has 2 aromatic rings. The molecule has 4 nitrogen and oxygen atoms in total. The highest BCUT2D eigenvalue weighted by atomic mass is 32.2. The molecule has 92 valence electrons. The maximum absolute atomic E-state index is 4.42. The fraction of sp³-hybridized carbons (Fsp3) is 0.500. The molecule has 0 bridgehead atoms. The molecule has 7 heteroatoms. The average molecular weight is 286 g/mol. The van der Waals surface area contributed by atoms with Crippen LogP contribution in [0.25, 0.3) is 9.88 Å². The molecule has 0 unspecified atom stereocenters. The number of thiazole rings is 1. The van der Waals surface area contributed by atoms with Gasteiger partial charge in [0.25, 0.3) is 0 Å². The lowest BCUT2D eigenvalue weighted by molar-refractivity contribution is 1.09. The van der Waals surface area contributed by atoms with Crippen LogP contribution in [0.2, 0.25) is 0 Å². The minimum absolute atomic E-state index is 0.843. The van der Waals surface area contributed by atoms with Crippen LogP contribution in [0.3, 0.4) is 0 Å². The molecule has 0 aliphatic rings. The Balaban J connectivity index is 2.02. The van der Waals surface area contributed by atoms with Crippen LogP contribution in [0.4, 0.5) is 5.13 Å². The summed E-state index contributed by atoms with van der Waals surface area (Å²) in [5.41, 5.74) is 0. The first kappa shape index (κ1) is 12.8. The highest BCUT2D eigenvalue weighted by Crippen LogP contribution is 2.31. The van der Waals surface area contributed by atoms with Crippen molar-refractivity contribution in [1.82, 2.24) is 15.2 Å². The molecule has 0 aromatic carbocycles. The minimum atomic E-state index is 0.843. The van der Waals surface area contributed by atoms with Gasteiger partial charge in [0.2, 0.25) is 5.13 Å². The Kier molecular flexibility index (Phi) is 4.75. The number of nitrogens with zero attached hydrogens (tertiary/aromatic N) is 3. The molecule has 0 aliphatic carbocycles. The maximum Gasteiger partial charge on any atom is 0.205 e. The molecular weight excluding hydrogens is 272 g/mol. The molecule has 0 atom stereocenters. The number of nitrogens with one attached hydrogen (secondary N) is 1. The fourth-order valence-corrected chi connectivity index (χ4v) is 3.82. The van der Waals surface area contributed by atoms with E-state index in [4.69, 9.17) is 0 Å². The molecule has 2 rings (SSSR count). The van der Waals surface area contributed by atoms with Gasteiger partial charge in [0, 0.05) is 19.0 Å². The minimum Gasteiger partial charge on any atom is -0.363 e. The van der Waals surface area contributed by atoms with Gasteiger partial charge in [-0.05, 0) is 12.2 Å². The Morgan fingerprint density at radius 1 is 1.35 bits per heavy atom. The Morgan fingerprint density at radius 2 is 2.24 bits per heavy atom. The average Bonchev–Trinajstić information content (AvgIpc) is 2.97. The van der Waals surface area contributed by atoms with Crippen molar-refractivity contribution in [1.29, 1.82) is 0 Å². The van der Waals surface area contributed by atoms with Crippen LogP contribution < -0.4 is 5.32 Å². The zero-order chi connectivity index (χ0) is 12.1. The lowest BCUT2D eigenvalue weighted by Gasteiger charge is -1.93. The van der Waals surface area contributed by atoms with Crippen molar-refractivity contribution in [2.45, 2.75) is 19.1 Å². The first-order valence-corrected chi connectivity index (χ1v) is 8.16. The molecular formula is C10H14N4S3. The first-order chi connectivity index (χ1) is 8.33. The number of rotatable bonds is 6. The topological polar surface area (TPSA) is 50.7 Å². The van der Waals surface area contributed by atoms with Gasteiger partial charge in [0.05, 0.1) is 4.88 Å². The lowest BCUT2D eigenvalue weighted by atomic mass is 10.6. The van der Waals surface area contributed by atoms with Gasteiger partial charge in [-0.2, -0.15) is 11.8 Å². The number of hydrogen-bond acceptors (Lipinski definition) is 7. The van der Waals surface area contributed by atoms with E-state index in [1.807, 2.05) is 25.0 Å². The Morgan fingerprint density at radius 3 is 2.94 bits per heavy atom. The van der Waals surface area contributed by atoms with E-state index in [0.29, 0.717) is 0 Å². The smallest absolute Gasteiger partial charge is 0.205 e. The predicted octanol–water partition coefficient (Wildman–Crippen LogP) is 3.35.